The monoisotopic (exact) mass is 359 g/mol. The van der Waals surface area contributed by atoms with E-state index in [-0.39, 0.29) is 0 Å². The number of methoxy groups -OCH3 is 1. The topological polar surface area (TPSA) is 12.5 Å². The van der Waals surface area contributed by atoms with Crippen molar-refractivity contribution < 1.29 is 4.74 Å². The van der Waals surface area contributed by atoms with Gasteiger partial charge in [-0.1, -0.05) is 25.5 Å². The summed E-state index contributed by atoms with van der Waals surface area (Å²) in [5, 5.41) is 0. The molecule has 0 radical (unpaired) electrons. The van der Waals surface area contributed by atoms with E-state index in [0.29, 0.717) is 23.0 Å². The van der Waals surface area contributed by atoms with Crippen molar-refractivity contribution in [2.24, 2.45) is 34.5 Å². The minimum atomic E-state index is 0.463. The minimum absolute atomic E-state index is 0.463. The Hall–Kier alpha value is -0.340. The summed E-state index contributed by atoms with van der Waals surface area (Å²) in [6, 6.07) is 0.712. The SMILES string of the molecule is CO[C@@H]1CC[C@@]2(C)C(=CC[C@H]3[C@@H]4CC[C@H]([C@H](C)N(C)C)[C@@]4(C)CC[C@@H]32)C1. The molecule has 0 aliphatic heterocycles. The Balaban J connectivity index is 1.60. The van der Waals surface area contributed by atoms with Gasteiger partial charge in [-0.05, 0) is 107 Å². The van der Waals surface area contributed by atoms with Crippen LogP contribution in [0.15, 0.2) is 11.6 Å². The maximum atomic E-state index is 5.72. The zero-order valence-electron chi connectivity index (χ0n) is 18.1. The predicted octanol–water partition coefficient (Wildman–Crippen LogP) is 5.53. The van der Waals surface area contributed by atoms with E-state index < -0.39 is 0 Å². The molecule has 0 N–H and O–H groups in total. The summed E-state index contributed by atoms with van der Waals surface area (Å²) in [5.74, 6) is 3.68. The Kier molecular flexibility index (Phi) is 4.84. The lowest BCUT2D eigenvalue weighted by Gasteiger charge is -2.58. The fraction of sp³-hybridized carbons (Fsp3) is 0.917. The molecule has 4 rings (SSSR count). The third-order valence-corrected chi connectivity index (χ3v) is 9.86. The van der Waals surface area contributed by atoms with Gasteiger partial charge in [0, 0.05) is 13.2 Å². The molecule has 2 nitrogen and oxygen atoms in total. The van der Waals surface area contributed by atoms with Crippen LogP contribution in [0.5, 0.6) is 0 Å². The molecule has 0 unspecified atom stereocenters. The molecule has 0 aromatic heterocycles. The molecule has 0 spiro atoms. The number of rotatable bonds is 3. The van der Waals surface area contributed by atoms with Gasteiger partial charge in [-0.25, -0.2) is 0 Å². The van der Waals surface area contributed by atoms with Crippen LogP contribution in [0, 0.1) is 34.5 Å². The van der Waals surface area contributed by atoms with Gasteiger partial charge < -0.3 is 9.64 Å². The zero-order valence-corrected chi connectivity index (χ0v) is 18.1. The van der Waals surface area contributed by atoms with Crippen molar-refractivity contribution in [3.8, 4) is 0 Å². The minimum Gasteiger partial charge on any atom is -0.381 e. The van der Waals surface area contributed by atoms with Crippen LogP contribution in [0.2, 0.25) is 0 Å². The molecule has 0 saturated heterocycles. The van der Waals surface area contributed by atoms with Gasteiger partial charge in [0.15, 0.2) is 0 Å². The average molecular weight is 360 g/mol. The molecule has 0 bridgehead atoms. The van der Waals surface area contributed by atoms with E-state index in [1.165, 1.54) is 51.4 Å². The Morgan fingerprint density at radius 2 is 1.85 bits per heavy atom. The van der Waals surface area contributed by atoms with Gasteiger partial charge in [0.1, 0.15) is 0 Å². The van der Waals surface area contributed by atoms with Crippen LogP contribution >= 0.6 is 0 Å². The van der Waals surface area contributed by atoms with Crippen molar-refractivity contribution in [2.75, 3.05) is 21.2 Å². The molecule has 0 amide bonds. The van der Waals surface area contributed by atoms with Crippen molar-refractivity contribution in [1.29, 1.82) is 0 Å². The third kappa shape index (κ3) is 2.65. The molecule has 148 valence electrons. The number of nitrogens with zero attached hydrogens (tertiary/aromatic N) is 1. The summed E-state index contributed by atoms with van der Waals surface area (Å²) >= 11 is 0. The summed E-state index contributed by atoms with van der Waals surface area (Å²) in [7, 11) is 6.45. The maximum Gasteiger partial charge on any atom is 0.0608 e. The first-order valence-electron chi connectivity index (χ1n) is 11.2. The highest BCUT2D eigenvalue weighted by molar-refractivity contribution is 5.25. The van der Waals surface area contributed by atoms with Crippen molar-refractivity contribution >= 4 is 0 Å². The lowest BCUT2D eigenvalue weighted by atomic mass is 9.47. The molecule has 0 heterocycles. The molecular formula is C24H41NO. The Morgan fingerprint density at radius 1 is 1.08 bits per heavy atom. The number of fused-ring (bicyclic) bond motifs is 5. The number of hydrogen-bond donors (Lipinski definition) is 0. The second-order valence-electron chi connectivity index (χ2n) is 10.8. The largest absolute Gasteiger partial charge is 0.381 e. The van der Waals surface area contributed by atoms with E-state index in [2.05, 4.69) is 45.8 Å². The van der Waals surface area contributed by atoms with Gasteiger partial charge in [0.25, 0.3) is 0 Å². The maximum absolute atomic E-state index is 5.72. The van der Waals surface area contributed by atoms with Gasteiger partial charge >= 0.3 is 0 Å². The molecule has 8 atom stereocenters. The van der Waals surface area contributed by atoms with Crippen LogP contribution in [0.4, 0.5) is 0 Å². The van der Waals surface area contributed by atoms with Crippen molar-refractivity contribution in [3.63, 3.8) is 0 Å². The second kappa shape index (κ2) is 6.62. The van der Waals surface area contributed by atoms with Gasteiger partial charge in [-0.15, -0.1) is 0 Å². The van der Waals surface area contributed by atoms with E-state index in [0.717, 1.165) is 23.7 Å². The van der Waals surface area contributed by atoms with Crippen LogP contribution in [0.1, 0.15) is 72.1 Å². The first-order chi connectivity index (χ1) is 12.3. The number of ether oxygens (including phenoxy) is 1. The highest BCUT2D eigenvalue weighted by Gasteiger charge is 2.59. The molecule has 26 heavy (non-hydrogen) atoms. The van der Waals surface area contributed by atoms with Crippen LogP contribution in [0.3, 0.4) is 0 Å². The van der Waals surface area contributed by atoms with E-state index in [4.69, 9.17) is 4.74 Å². The summed E-state index contributed by atoms with van der Waals surface area (Å²) in [5.41, 5.74) is 2.78. The van der Waals surface area contributed by atoms with Crippen molar-refractivity contribution in [1.82, 2.24) is 4.90 Å². The summed E-state index contributed by atoms with van der Waals surface area (Å²) in [6.45, 7) is 7.74. The Labute approximate surface area is 161 Å². The molecular weight excluding hydrogens is 318 g/mol. The van der Waals surface area contributed by atoms with Gasteiger partial charge in [-0.3, -0.25) is 0 Å². The molecule has 2 heteroatoms. The third-order valence-electron chi connectivity index (χ3n) is 9.86. The summed E-state index contributed by atoms with van der Waals surface area (Å²) in [4.78, 5) is 2.47. The van der Waals surface area contributed by atoms with E-state index >= 15 is 0 Å². The highest BCUT2D eigenvalue weighted by Crippen LogP contribution is 2.66. The van der Waals surface area contributed by atoms with E-state index in [9.17, 15) is 0 Å². The summed E-state index contributed by atoms with van der Waals surface area (Å²) < 4.78 is 5.72. The van der Waals surface area contributed by atoms with Gasteiger partial charge in [0.05, 0.1) is 6.10 Å². The smallest absolute Gasteiger partial charge is 0.0608 e. The fourth-order valence-electron chi connectivity index (χ4n) is 8.02. The average Bonchev–Trinajstić information content (AvgIpc) is 2.97. The predicted molar refractivity (Wildman–Crippen MR) is 109 cm³/mol. The van der Waals surface area contributed by atoms with Crippen molar-refractivity contribution in [2.45, 2.75) is 84.3 Å². The molecule has 0 aromatic rings. The first kappa shape index (κ1) is 19.0. The second-order valence-corrected chi connectivity index (χ2v) is 10.8. The van der Waals surface area contributed by atoms with E-state index in [1.807, 2.05) is 7.11 Å². The van der Waals surface area contributed by atoms with Crippen LogP contribution in [-0.2, 0) is 4.74 Å². The first-order valence-corrected chi connectivity index (χ1v) is 11.2. The van der Waals surface area contributed by atoms with Crippen molar-refractivity contribution in [3.05, 3.63) is 11.6 Å². The quantitative estimate of drug-likeness (QED) is 0.614. The Morgan fingerprint density at radius 3 is 2.54 bits per heavy atom. The van der Waals surface area contributed by atoms with Crippen LogP contribution < -0.4 is 0 Å². The Bertz CT molecular complexity index is 569. The van der Waals surface area contributed by atoms with Crippen LogP contribution in [-0.4, -0.2) is 38.3 Å². The molecule has 4 aliphatic carbocycles. The van der Waals surface area contributed by atoms with Gasteiger partial charge in [-0.2, -0.15) is 0 Å². The number of allylic oxidation sites excluding steroid dienone is 1. The standard InChI is InChI=1S/C24H41NO/c1-16(25(4)5)20-9-10-21-19-8-7-17-15-18(26-6)11-13-23(17,2)22(19)12-14-24(20,21)3/h7,16,18-22H,8-15H2,1-6H3/t16-,18+,19-,20+,21-,22-,23-,24+/m0/s1. The summed E-state index contributed by atoms with van der Waals surface area (Å²) in [6.07, 6.45) is 14.1. The fourth-order valence-corrected chi connectivity index (χ4v) is 8.02. The molecule has 3 saturated carbocycles. The zero-order chi connectivity index (χ0) is 18.7. The lowest BCUT2D eigenvalue weighted by molar-refractivity contribution is -0.0613. The molecule has 0 aromatic carbocycles. The van der Waals surface area contributed by atoms with E-state index in [1.54, 1.807) is 5.57 Å². The molecule has 3 fully saturated rings. The number of hydrogen-bond acceptors (Lipinski definition) is 2. The highest BCUT2D eigenvalue weighted by atomic mass is 16.5. The van der Waals surface area contributed by atoms with Gasteiger partial charge in [0.2, 0.25) is 0 Å². The lowest BCUT2D eigenvalue weighted by Crippen LogP contribution is -2.52. The molecule has 4 aliphatic rings. The normalized spacial score (nSPS) is 49.2. The van der Waals surface area contributed by atoms with Crippen LogP contribution in [0.25, 0.3) is 0 Å².